The molecule has 1 aliphatic heterocycles. The van der Waals surface area contributed by atoms with Crippen molar-refractivity contribution >= 4 is 29.3 Å². The second-order valence-electron chi connectivity index (χ2n) is 6.27. The van der Waals surface area contributed by atoms with E-state index in [9.17, 15) is 14.4 Å². The van der Waals surface area contributed by atoms with Crippen LogP contribution in [0.1, 0.15) is 16.8 Å². The molecule has 0 aromatic heterocycles. The average molecular weight is 383 g/mol. The predicted octanol–water partition coefficient (Wildman–Crippen LogP) is 2.41. The maximum absolute atomic E-state index is 12.3. The summed E-state index contributed by atoms with van der Waals surface area (Å²) in [6.07, 6.45) is 0.223. The van der Waals surface area contributed by atoms with Gasteiger partial charge in [-0.25, -0.2) is 9.59 Å². The third kappa shape index (κ3) is 4.40. The lowest BCUT2D eigenvalue weighted by Crippen LogP contribution is -2.39. The highest BCUT2D eigenvalue weighted by Gasteiger charge is 2.31. The Bertz CT molecular complexity index is 864. The molecule has 2 aromatic carbocycles. The van der Waals surface area contributed by atoms with E-state index in [1.54, 1.807) is 48.4 Å². The lowest BCUT2D eigenvalue weighted by atomic mass is 10.2. The zero-order valence-corrected chi connectivity index (χ0v) is 15.6. The number of amides is 3. The molecule has 8 nitrogen and oxygen atoms in total. The van der Waals surface area contributed by atoms with Gasteiger partial charge in [-0.2, -0.15) is 0 Å². The highest BCUT2D eigenvalue weighted by atomic mass is 16.5. The largest absolute Gasteiger partial charge is 0.497 e. The Morgan fingerprint density at radius 3 is 2.32 bits per heavy atom. The first-order valence-corrected chi connectivity index (χ1v) is 8.70. The summed E-state index contributed by atoms with van der Waals surface area (Å²) < 4.78 is 9.75. The van der Waals surface area contributed by atoms with E-state index in [-0.39, 0.29) is 18.4 Å². The summed E-state index contributed by atoms with van der Waals surface area (Å²) >= 11 is 0. The summed E-state index contributed by atoms with van der Waals surface area (Å²) in [5, 5.41) is 5.49. The van der Waals surface area contributed by atoms with Crippen LogP contribution in [-0.4, -0.2) is 44.7 Å². The van der Waals surface area contributed by atoms with Crippen molar-refractivity contribution in [2.75, 3.05) is 31.0 Å². The summed E-state index contributed by atoms with van der Waals surface area (Å²) in [4.78, 5) is 37.6. The van der Waals surface area contributed by atoms with Crippen molar-refractivity contribution in [2.45, 2.75) is 12.5 Å². The fraction of sp³-hybridized carbons (Fsp3) is 0.250. The van der Waals surface area contributed by atoms with Gasteiger partial charge in [-0.1, -0.05) is 0 Å². The number of rotatable bonds is 5. The molecular formula is C20H21N3O5. The van der Waals surface area contributed by atoms with Crippen LogP contribution >= 0.6 is 0 Å². The Morgan fingerprint density at radius 2 is 1.71 bits per heavy atom. The molecular weight excluding hydrogens is 362 g/mol. The lowest BCUT2D eigenvalue weighted by Gasteiger charge is -2.18. The highest BCUT2D eigenvalue weighted by molar-refractivity contribution is 5.98. The monoisotopic (exact) mass is 383 g/mol. The van der Waals surface area contributed by atoms with Crippen LogP contribution in [-0.2, 0) is 9.53 Å². The van der Waals surface area contributed by atoms with Crippen molar-refractivity contribution in [3.8, 4) is 5.75 Å². The van der Waals surface area contributed by atoms with Crippen LogP contribution < -0.4 is 20.3 Å². The third-order valence-corrected chi connectivity index (χ3v) is 4.41. The number of hydrogen-bond donors (Lipinski definition) is 2. The molecule has 0 unspecified atom stereocenters. The van der Waals surface area contributed by atoms with Gasteiger partial charge in [-0.15, -0.1) is 0 Å². The number of ether oxygens (including phenoxy) is 2. The van der Waals surface area contributed by atoms with Gasteiger partial charge in [0.25, 0.3) is 0 Å². The van der Waals surface area contributed by atoms with Gasteiger partial charge in [0.05, 0.1) is 25.8 Å². The first kappa shape index (κ1) is 19.2. The average Bonchev–Trinajstić information content (AvgIpc) is 3.07. The second kappa shape index (κ2) is 8.43. The van der Waals surface area contributed by atoms with Crippen LogP contribution in [0.5, 0.6) is 5.75 Å². The van der Waals surface area contributed by atoms with Crippen molar-refractivity contribution in [1.82, 2.24) is 5.32 Å². The zero-order chi connectivity index (χ0) is 20.1. The second-order valence-corrected chi connectivity index (χ2v) is 6.27. The molecule has 1 aliphatic rings. The molecule has 3 amide bonds. The number of nitrogens with zero attached hydrogens (tertiary/aromatic N) is 1. The molecule has 0 aliphatic carbocycles. The van der Waals surface area contributed by atoms with Gasteiger partial charge >= 0.3 is 12.0 Å². The number of carbonyl (C=O) groups excluding carboxylic acids is 3. The SMILES string of the molecule is COC(=O)c1ccc(NC(=O)N[C@H]2CC(=O)N(c3ccc(OC)cc3)C2)cc1. The number of esters is 1. The summed E-state index contributed by atoms with van der Waals surface area (Å²) in [6, 6.07) is 12.8. The summed E-state index contributed by atoms with van der Waals surface area (Å²) in [5.74, 6) is 0.208. The van der Waals surface area contributed by atoms with Crippen LogP contribution in [0, 0.1) is 0 Å². The van der Waals surface area contributed by atoms with Crippen molar-refractivity contribution < 1.29 is 23.9 Å². The van der Waals surface area contributed by atoms with Crippen LogP contribution in [0.4, 0.5) is 16.2 Å². The van der Waals surface area contributed by atoms with Crippen LogP contribution in [0.15, 0.2) is 48.5 Å². The van der Waals surface area contributed by atoms with Gasteiger partial charge in [-0.3, -0.25) is 4.79 Å². The molecule has 0 saturated carbocycles. The Hall–Kier alpha value is -3.55. The third-order valence-electron chi connectivity index (χ3n) is 4.41. The van der Waals surface area contributed by atoms with Crippen molar-refractivity contribution in [3.63, 3.8) is 0 Å². The van der Waals surface area contributed by atoms with E-state index in [2.05, 4.69) is 15.4 Å². The molecule has 146 valence electrons. The standard InChI is InChI=1S/C20H21N3O5/c1-27-17-9-7-16(8-10-17)23-12-15(11-18(23)24)22-20(26)21-14-5-3-13(4-6-14)19(25)28-2/h3-10,15H,11-12H2,1-2H3,(H2,21,22,26)/t15-/m0/s1. The molecule has 0 spiro atoms. The van der Waals surface area contributed by atoms with Crippen LogP contribution in [0.3, 0.4) is 0 Å². The fourth-order valence-corrected chi connectivity index (χ4v) is 2.98. The Balaban J connectivity index is 1.56. The number of urea groups is 1. The quantitative estimate of drug-likeness (QED) is 0.773. The molecule has 2 aromatic rings. The van der Waals surface area contributed by atoms with Gasteiger partial charge in [0.1, 0.15) is 5.75 Å². The van der Waals surface area contributed by atoms with Gasteiger partial charge < -0.3 is 25.0 Å². The first-order valence-electron chi connectivity index (χ1n) is 8.70. The van der Waals surface area contributed by atoms with Gasteiger partial charge in [-0.05, 0) is 48.5 Å². The minimum atomic E-state index is -0.445. The molecule has 28 heavy (non-hydrogen) atoms. The van der Waals surface area contributed by atoms with Crippen molar-refractivity contribution in [1.29, 1.82) is 0 Å². The van der Waals surface area contributed by atoms with E-state index >= 15 is 0 Å². The Morgan fingerprint density at radius 1 is 1.04 bits per heavy atom. The normalized spacial score (nSPS) is 15.9. The predicted molar refractivity (Wildman–Crippen MR) is 104 cm³/mol. The number of anilines is 2. The number of benzene rings is 2. The van der Waals surface area contributed by atoms with E-state index in [4.69, 9.17) is 4.74 Å². The maximum Gasteiger partial charge on any atom is 0.337 e. The number of carbonyl (C=O) groups is 3. The summed E-state index contributed by atoms with van der Waals surface area (Å²) in [7, 11) is 2.89. The minimum Gasteiger partial charge on any atom is -0.497 e. The first-order chi connectivity index (χ1) is 13.5. The Labute approximate surface area is 162 Å². The minimum absolute atomic E-state index is 0.0575. The molecule has 1 heterocycles. The number of nitrogens with one attached hydrogen (secondary N) is 2. The van der Waals surface area contributed by atoms with E-state index in [0.29, 0.717) is 23.5 Å². The molecule has 0 radical (unpaired) electrons. The lowest BCUT2D eigenvalue weighted by molar-refractivity contribution is -0.117. The van der Waals surface area contributed by atoms with Crippen molar-refractivity contribution in [3.05, 3.63) is 54.1 Å². The molecule has 1 fully saturated rings. The molecule has 3 rings (SSSR count). The molecule has 1 saturated heterocycles. The van der Waals surface area contributed by atoms with E-state index < -0.39 is 12.0 Å². The van der Waals surface area contributed by atoms with E-state index in [1.807, 2.05) is 12.1 Å². The van der Waals surface area contributed by atoms with Gasteiger partial charge in [0.15, 0.2) is 0 Å². The topological polar surface area (TPSA) is 97.0 Å². The Kier molecular flexibility index (Phi) is 5.78. The van der Waals surface area contributed by atoms with Crippen molar-refractivity contribution in [2.24, 2.45) is 0 Å². The summed E-state index contributed by atoms with van der Waals surface area (Å²) in [6.45, 7) is 0.389. The van der Waals surface area contributed by atoms with Crippen LogP contribution in [0.2, 0.25) is 0 Å². The van der Waals surface area contributed by atoms with Crippen LogP contribution in [0.25, 0.3) is 0 Å². The van der Waals surface area contributed by atoms with E-state index in [1.165, 1.54) is 7.11 Å². The molecule has 1 atom stereocenters. The molecule has 0 bridgehead atoms. The smallest absolute Gasteiger partial charge is 0.337 e. The number of methoxy groups -OCH3 is 2. The summed E-state index contributed by atoms with van der Waals surface area (Å²) in [5.41, 5.74) is 1.68. The zero-order valence-electron chi connectivity index (χ0n) is 15.6. The van der Waals surface area contributed by atoms with E-state index in [0.717, 1.165) is 5.69 Å². The molecule has 8 heteroatoms. The van der Waals surface area contributed by atoms with Gasteiger partial charge in [0, 0.05) is 24.3 Å². The number of hydrogen-bond acceptors (Lipinski definition) is 5. The highest BCUT2D eigenvalue weighted by Crippen LogP contribution is 2.24. The fourth-order valence-electron chi connectivity index (χ4n) is 2.98. The van der Waals surface area contributed by atoms with Gasteiger partial charge in [0.2, 0.25) is 5.91 Å². The molecule has 2 N–H and O–H groups in total. The maximum atomic E-state index is 12.3.